The highest BCUT2D eigenvalue weighted by Gasteiger charge is 2.18. The highest BCUT2D eigenvalue weighted by Crippen LogP contribution is 2.42. The molecule has 0 aliphatic heterocycles. The van der Waals surface area contributed by atoms with Gasteiger partial charge in [0.25, 0.3) is 0 Å². The van der Waals surface area contributed by atoms with Gasteiger partial charge in [-0.05, 0) is 79.9 Å². The SMILES string of the molecule is N#Cc1cc(Cc2ccccc2)c2ccc3c(N)cc(Cc4ccccc4-c4ccccc4)c4ccc1c2c34. The number of nitriles is 1. The van der Waals surface area contributed by atoms with Crippen LogP contribution in [0.5, 0.6) is 0 Å². The minimum absolute atomic E-state index is 0.709. The molecule has 7 aromatic rings. The van der Waals surface area contributed by atoms with Crippen LogP contribution in [-0.2, 0) is 12.8 Å². The van der Waals surface area contributed by atoms with Gasteiger partial charge in [0, 0.05) is 16.5 Å². The average Bonchev–Trinajstić information content (AvgIpc) is 2.99. The maximum Gasteiger partial charge on any atom is 0.0998 e. The van der Waals surface area contributed by atoms with Gasteiger partial charge < -0.3 is 5.73 Å². The second-order valence-electron chi connectivity index (χ2n) is 10.3. The van der Waals surface area contributed by atoms with Crippen molar-refractivity contribution in [3.63, 3.8) is 0 Å². The Hall–Kier alpha value is -5.13. The number of anilines is 1. The van der Waals surface area contributed by atoms with Crippen molar-refractivity contribution in [2.24, 2.45) is 0 Å². The zero-order chi connectivity index (χ0) is 26.3. The molecular formula is C37H26N2. The molecule has 0 atom stereocenters. The largest absolute Gasteiger partial charge is 0.398 e. The van der Waals surface area contributed by atoms with E-state index in [4.69, 9.17) is 5.73 Å². The molecule has 0 fully saturated rings. The molecule has 0 aromatic heterocycles. The molecular weight excluding hydrogens is 472 g/mol. The van der Waals surface area contributed by atoms with Crippen molar-refractivity contribution in [2.45, 2.75) is 12.8 Å². The zero-order valence-corrected chi connectivity index (χ0v) is 21.5. The number of hydrogen-bond donors (Lipinski definition) is 1. The summed E-state index contributed by atoms with van der Waals surface area (Å²) >= 11 is 0. The fraction of sp³-hybridized carbons (Fsp3) is 0.0541. The minimum Gasteiger partial charge on any atom is -0.398 e. The van der Waals surface area contributed by atoms with Crippen LogP contribution in [0.4, 0.5) is 5.69 Å². The number of nitrogens with zero attached hydrogens (tertiary/aromatic N) is 1. The van der Waals surface area contributed by atoms with E-state index in [1.807, 2.05) is 6.07 Å². The maximum absolute atomic E-state index is 10.1. The van der Waals surface area contributed by atoms with Crippen LogP contribution in [0.1, 0.15) is 27.8 Å². The van der Waals surface area contributed by atoms with Gasteiger partial charge in [-0.1, -0.05) is 109 Å². The van der Waals surface area contributed by atoms with E-state index in [1.165, 1.54) is 38.6 Å². The Labute approximate surface area is 227 Å². The summed E-state index contributed by atoms with van der Waals surface area (Å²) < 4.78 is 0. The molecule has 0 amide bonds. The number of rotatable bonds is 5. The van der Waals surface area contributed by atoms with Crippen molar-refractivity contribution in [3.05, 3.63) is 149 Å². The first-order valence-electron chi connectivity index (χ1n) is 13.3. The lowest BCUT2D eigenvalue weighted by atomic mass is 9.85. The van der Waals surface area contributed by atoms with Gasteiger partial charge in [-0.2, -0.15) is 5.26 Å². The lowest BCUT2D eigenvalue weighted by Gasteiger charge is -2.19. The number of benzene rings is 7. The summed E-state index contributed by atoms with van der Waals surface area (Å²) in [5.74, 6) is 0. The molecule has 0 aliphatic rings. The van der Waals surface area contributed by atoms with Gasteiger partial charge in [-0.3, -0.25) is 0 Å². The topological polar surface area (TPSA) is 49.8 Å². The first kappa shape index (κ1) is 23.0. The summed E-state index contributed by atoms with van der Waals surface area (Å²) in [5.41, 5.74) is 15.5. The van der Waals surface area contributed by atoms with Crippen LogP contribution in [0.2, 0.25) is 0 Å². The van der Waals surface area contributed by atoms with Crippen molar-refractivity contribution < 1.29 is 0 Å². The molecule has 0 unspecified atom stereocenters. The molecule has 0 saturated heterocycles. The van der Waals surface area contributed by atoms with E-state index in [0.29, 0.717) is 5.56 Å². The third-order valence-corrected chi connectivity index (χ3v) is 7.94. The predicted molar refractivity (Wildman–Crippen MR) is 163 cm³/mol. The van der Waals surface area contributed by atoms with E-state index >= 15 is 0 Å². The Balaban J connectivity index is 1.47. The molecule has 0 bridgehead atoms. The maximum atomic E-state index is 10.1. The van der Waals surface area contributed by atoms with Gasteiger partial charge in [-0.15, -0.1) is 0 Å². The second kappa shape index (κ2) is 9.31. The van der Waals surface area contributed by atoms with Gasteiger partial charge in [0.15, 0.2) is 0 Å². The van der Waals surface area contributed by atoms with Crippen LogP contribution in [0.25, 0.3) is 43.4 Å². The molecule has 0 saturated carbocycles. The summed E-state index contributed by atoms with van der Waals surface area (Å²) in [6.07, 6.45) is 1.54. The molecule has 2 heteroatoms. The highest BCUT2D eigenvalue weighted by molar-refractivity contribution is 6.27. The Bertz CT molecular complexity index is 2020. The number of hydrogen-bond acceptors (Lipinski definition) is 2. The Kier molecular flexibility index (Phi) is 5.50. The van der Waals surface area contributed by atoms with Crippen molar-refractivity contribution in [1.82, 2.24) is 0 Å². The van der Waals surface area contributed by atoms with E-state index in [1.54, 1.807) is 0 Å². The summed E-state index contributed by atoms with van der Waals surface area (Å²) in [4.78, 5) is 0. The fourth-order valence-electron chi connectivity index (χ4n) is 6.15. The van der Waals surface area contributed by atoms with Crippen molar-refractivity contribution >= 4 is 38.0 Å². The summed E-state index contributed by atoms with van der Waals surface area (Å²) in [7, 11) is 0. The van der Waals surface area contributed by atoms with Crippen LogP contribution in [-0.4, -0.2) is 0 Å². The molecule has 7 aromatic carbocycles. The van der Waals surface area contributed by atoms with Gasteiger partial charge in [0.1, 0.15) is 0 Å². The predicted octanol–water partition coefficient (Wildman–Crippen LogP) is 8.89. The summed E-state index contributed by atoms with van der Waals surface area (Å²) in [6, 6.07) is 44.9. The lowest BCUT2D eigenvalue weighted by Crippen LogP contribution is -2.00. The van der Waals surface area contributed by atoms with Gasteiger partial charge in [0.05, 0.1) is 11.6 Å². The van der Waals surface area contributed by atoms with E-state index in [2.05, 4.69) is 121 Å². The normalized spacial score (nSPS) is 11.4. The molecule has 2 nitrogen and oxygen atoms in total. The molecule has 0 radical (unpaired) electrons. The standard InChI is InChI=1S/C37H26N2/c38-23-29-21-27(19-24-9-3-1-4-10-24)31-17-18-34-35(39)22-28(32-15-16-33(29)36(31)37(32)34)20-26-13-7-8-14-30(26)25-11-5-2-6-12-25/h1-18,21-22H,19-20,39H2. The van der Waals surface area contributed by atoms with Crippen molar-refractivity contribution in [1.29, 1.82) is 5.26 Å². The van der Waals surface area contributed by atoms with Crippen LogP contribution >= 0.6 is 0 Å². The van der Waals surface area contributed by atoms with E-state index in [-0.39, 0.29) is 0 Å². The fourth-order valence-corrected chi connectivity index (χ4v) is 6.15. The second-order valence-corrected chi connectivity index (χ2v) is 10.3. The molecule has 39 heavy (non-hydrogen) atoms. The first-order valence-corrected chi connectivity index (χ1v) is 13.3. The summed E-state index contributed by atoms with van der Waals surface area (Å²) in [6.45, 7) is 0. The van der Waals surface area contributed by atoms with Gasteiger partial charge in [0.2, 0.25) is 0 Å². The van der Waals surface area contributed by atoms with Gasteiger partial charge in [-0.25, -0.2) is 0 Å². The van der Waals surface area contributed by atoms with E-state index < -0.39 is 0 Å². The highest BCUT2D eigenvalue weighted by atomic mass is 14.6. The van der Waals surface area contributed by atoms with Crippen molar-refractivity contribution in [2.75, 3.05) is 5.73 Å². The van der Waals surface area contributed by atoms with Crippen LogP contribution in [0.15, 0.2) is 121 Å². The smallest absolute Gasteiger partial charge is 0.0998 e. The molecule has 7 rings (SSSR count). The van der Waals surface area contributed by atoms with Crippen LogP contribution < -0.4 is 5.73 Å². The molecule has 2 N–H and O–H groups in total. The number of nitrogen functional groups attached to an aromatic ring is 1. The Morgan fingerprint density at radius 2 is 1.13 bits per heavy atom. The van der Waals surface area contributed by atoms with Crippen molar-refractivity contribution in [3.8, 4) is 17.2 Å². The summed E-state index contributed by atoms with van der Waals surface area (Å²) in [5, 5.41) is 16.8. The van der Waals surface area contributed by atoms with E-state index in [9.17, 15) is 5.26 Å². The zero-order valence-electron chi connectivity index (χ0n) is 21.5. The van der Waals surface area contributed by atoms with Crippen LogP contribution in [0.3, 0.4) is 0 Å². The van der Waals surface area contributed by atoms with Gasteiger partial charge >= 0.3 is 0 Å². The number of nitrogens with two attached hydrogens (primary N) is 1. The molecule has 0 heterocycles. The average molecular weight is 499 g/mol. The lowest BCUT2D eigenvalue weighted by molar-refractivity contribution is 1.21. The third kappa shape index (κ3) is 3.88. The Morgan fingerprint density at radius 3 is 1.87 bits per heavy atom. The third-order valence-electron chi connectivity index (χ3n) is 7.94. The first-order chi connectivity index (χ1) is 19.2. The molecule has 0 spiro atoms. The van der Waals surface area contributed by atoms with Crippen LogP contribution in [0, 0.1) is 11.3 Å². The minimum atomic E-state index is 0.709. The van der Waals surface area contributed by atoms with E-state index in [0.717, 1.165) is 45.6 Å². The monoisotopic (exact) mass is 498 g/mol. The molecule has 0 aliphatic carbocycles. The molecule has 184 valence electrons. The quantitative estimate of drug-likeness (QED) is 0.190. The Morgan fingerprint density at radius 1 is 0.538 bits per heavy atom.